The average molecular weight is 816 g/mol. The van der Waals surface area contributed by atoms with E-state index in [1.54, 1.807) is 30.3 Å². The lowest BCUT2D eigenvalue weighted by Gasteiger charge is -2.69. The van der Waals surface area contributed by atoms with Gasteiger partial charge in [0.25, 0.3) is 10.1 Å². The first kappa shape index (κ1) is 39.3. The number of pyridine rings is 1. The Morgan fingerprint density at radius 3 is 2.42 bits per heavy atom. The molecule has 2 atom stereocenters. The van der Waals surface area contributed by atoms with E-state index in [4.69, 9.17) is 14.4 Å². The molecule has 4 heterocycles. The summed E-state index contributed by atoms with van der Waals surface area (Å²) in [5.41, 5.74) is 3.66. The molecule has 5 aromatic rings. The fourth-order valence-electron chi connectivity index (χ4n) is 10.9. The fourth-order valence-corrected chi connectivity index (χ4v) is 12.2. The fraction of sp³-hybridized carbons (Fsp3) is 0.500. The van der Waals surface area contributed by atoms with Gasteiger partial charge in [0.15, 0.2) is 22.5 Å². The molecule has 17 heteroatoms. The lowest BCUT2D eigenvalue weighted by atomic mass is 9.39. The zero-order valence-electron chi connectivity index (χ0n) is 32.9. The minimum absolute atomic E-state index is 0.0518. The number of fused-ring (bicyclic) bond motifs is 1. The maximum Gasteiger partial charge on any atom is 0.355 e. The van der Waals surface area contributed by atoms with E-state index in [1.807, 2.05) is 48.9 Å². The number of nitrogens with one attached hydrogen (secondary N) is 2. The zero-order chi connectivity index (χ0) is 40.4. The molecule has 0 aliphatic heterocycles. The maximum absolute atomic E-state index is 12.7. The number of aryl methyl sites for hydroxylation is 1. The third-order valence-corrected chi connectivity index (χ3v) is 13.7. The number of aromatic carboxylic acids is 1. The maximum atomic E-state index is 12.7. The molecule has 4 bridgehead atoms. The first-order valence-electron chi connectivity index (χ1n) is 19.2. The van der Waals surface area contributed by atoms with Crippen LogP contribution in [0.4, 0.5) is 22.6 Å². The highest BCUT2D eigenvalue weighted by Gasteiger charge is 2.66. The lowest BCUT2D eigenvalue weighted by Crippen LogP contribution is -2.64. The third kappa shape index (κ3) is 7.99. The van der Waals surface area contributed by atoms with Gasteiger partial charge in [-0.25, -0.2) is 14.8 Å². The van der Waals surface area contributed by atoms with Gasteiger partial charge in [-0.1, -0.05) is 37.3 Å². The summed E-state index contributed by atoms with van der Waals surface area (Å²) < 4.78 is 41.1. The molecule has 2 unspecified atom stereocenters. The van der Waals surface area contributed by atoms with Gasteiger partial charge < -0.3 is 25.4 Å². The first-order valence-corrected chi connectivity index (χ1v) is 21.7. The van der Waals surface area contributed by atoms with Crippen LogP contribution in [0.3, 0.4) is 0 Å². The Hall–Kier alpha value is -4.55. The van der Waals surface area contributed by atoms with Crippen LogP contribution in [0.1, 0.15) is 74.1 Å². The third-order valence-electron chi connectivity index (χ3n) is 12.0. The van der Waals surface area contributed by atoms with E-state index in [-0.39, 0.29) is 39.8 Å². The molecule has 0 saturated heterocycles. The van der Waals surface area contributed by atoms with Gasteiger partial charge in [-0.15, -0.1) is 10.2 Å². The molecular formula is C40H49N9O6S2. The van der Waals surface area contributed by atoms with Gasteiger partial charge >= 0.3 is 5.97 Å². The van der Waals surface area contributed by atoms with E-state index >= 15 is 0 Å². The summed E-state index contributed by atoms with van der Waals surface area (Å²) in [6.07, 6.45) is 7.89. The van der Waals surface area contributed by atoms with Crippen molar-refractivity contribution in [3.8, 4) is 11.1 Å². The second-order valence-corrected chi connectivity index (χ2v) is 19.9. The van der Waals surface area contributed by atoms with E-state index in [0.29, 0.717) is 42.7 Å². The van der Waals surface area contributed by atoms with Crippen molar-refractivity contribution in [3.05, 3.63) is 65.6 Å². The molecule has 15 nitrogen and oxygen atoms in total. The van der Waals surface area contributed by atoms with Crippen LogP contribution in [-0.4, -0.2) is 92.1 Å². The number of carbonyl (C=O) groups is 1. The highest BCUT2D eigenvalue weighted by atomic mass is 32.2. The van der Waals surface area contributed by atoms with Crippen LogP contribution in [-0.2, 0) is 21.4 Å². The van der Waals surface area contributed by atoms with Crippen molar-refractivity contribution in [2.24, 2.45) is 16.2 Å². The second-order valence-electron chi connectivity index (χ2n) is 17.3. The van der Waals surface area contributed by atoms with E-state index in [9.17, 15) is 18.3 Å². The molecule has 57 heavy (non-hydrogen) atoms. The highest BCUT2D eigenvalue weighted by Crippen LogP contribution is 2.72. The van der Waals surface area contributed by atoms with Crippen molar-refractivity contribution in [2.45, 2.75) is 78.4 Å². The van der Waals surface area contributed by atoms with Crippen LogP contribution in [0.15, 0.2) is 48.7 Å². The summed E-state index contributed by atoms with van der Waals surface area (Å²) in [5, 5.41) is 31.2. The van der Waals surface area contributed by atoms with Crippen LogP contribution in [0, 0.1) is 30.1 Å². The number of benzene rings is 1. The predicted molar refractivity (Wildman–Crippen MR) is 219 cm³/mol. The van der Waals surface area contributed by atoms with Crippen molar-refractivity contribution in [2.75, 3.05) is 42.7 Å². The molecule has 4 aromatic heterocycles. The number of nitrogens with zero attached hydrogens (tertiary/aromatic N) is 7. The van der Waals surface area contributed by atoms with Gasteiger partial charge in [0, 0.05) is 43.5 Å². The number of hydrogen-bond acceptors (Lipinski definition) is 13. The van der Waals surface area contributed by atoms with Crippen molar-refractivity contribution >= 4 is 60.2 Å². The van der Waals surface area contributed by atoms with Crippen LogP contribution in [0.2, 0.25) is 0 Å². The Kier molecular flexibility index (Phi) is 9.91. The van der Waals surface area contributed by atoms with Crippen LogP contribution >= 0.6 is 11.3 Å². The Balaban J connectivity index is 0.990. The summed E-state index contributed by atoms with van der Waals surface area (Å²) in [4.78, 5) is 23.7. The molecule has 4 N–H and O–H groups in total. The Morgan fingerprint density at radius 2 is 1.72 bits per heavy atom. The number of rotatable bonds is 15. The predicted octanol–water partition coefficient (Wildman–Crippen LogP) is 6.78. The highest BCUT2D eigenvalue weighted by molar-refractivity contribution is 7.85. The lowest BCUT2D eigenvalue weighted by molar-refractivity contribution is -0.247. The minimum atomic E-state index is -4.01. The molecule has 9 rings (SSSR count). The van der Waals surface area contributed by atoms with Crippen molar-refractivity contribution in [3.63, 3.8) is 0 Å². The number of para-hydroxylation sites is 1. The molecule has 4 fully saturated rings. The van der Waals surface area contributed by atoms with E-state index < -0.39 is 16.1 Å². The van der Waals surface area contributed by atoms with Crippen LogP contribution in [0.25, 0.3) is 21.3 Å². The average Bonchev–Trinajstić information content (AvgIpc) is 3.69. The molecule has 4 aliphatic rings. The monoisotopic (exact) mass is 815 g/mol. The molecule has 0 radical (unpaired) electrons. The SMILES string of the molecule is Cc1cc(N(C)c2ccc(-c3cnn(CC45CC6(C)CC(C)(C4)CC(OCCNCCS(=O)(=O)O)(C6)C5)c3C)c(C(=O)O)n2)nnc1Nc1nc2ccccc2s1. The number of anilines is 4. The smallest absolute Gasteiger partial charge is 0.355 e. The number of ether oxygens (including phenoxy) is 1. The van der Waals surface area contributed by atoms with Crippen LogP contribution < -0.4 is 15.5 Å². The number of carboxylic acid groups (broad SMARTS) is 1. The van der Waals surface area contributed by atoms with Crippen molar-refractivity contribution in [1.82, 2.24) is 35.3 Å². The van der Waals surface area contributed by atoms with E-state index in [1.165, 1.54) is 11.3 Å². The van der Waals surface area contributed by atoms with Crippen LogP contribution in [0.5, 0.6) is 0 Å². The minimum Gasteiger partial charge on any atom is -0.476 e. The van der Waals surface area contributed by atoms with Gasteiger partial charge in [0.2, 0.25) is 0 Å². The summed E-state index contributed by atoms with van der Waals surface area (Å²) in [5.74, 6) is 0.0323. The summed E-state index contributed by atoms with van der Waals surface area (Å²) in [6.45, 7) is 10.5. The first-order chi connectivity index (χ1) is 26.9. The number of hydrogen-bond donors (Lipinski definition) is 4. The molecule has 0 amide bonds. The number of aromatic nitrogens is 6. The summed E-state index contributed by atoms with van der Waals surface area (Å²) >= 11 is 1.53. The molecule has 1 aromatic carbocycles. The Bertz CT molecular complexity index is 2420. The Labute approximate surface area is 336 Å². The van der Waals surface area contributed by atoms with E-state index in [2.05, 4.69) is 44.6 Å². The normalized spacial score (nSPS) is 25.3. The van der Waals surface area contributed by atoms with Gasteiger partial charge in [0.1, 0.15) is 5.82 Å². The second kappa shape index (κ2) is 14.4. The molecule has 4 aliphatic carbocycles. The molecule has 302 valence electrons. The Morgan fingerprint density at radius 1 is 0.965 bits per heavy atom. The van der Waals surface area contributed by atoms with Crippen molar-refractivity contribution in [1.29, 1.82) is 0 Å². The molecule has 4 saturated carbocycles. The van der Waals surface area contributed by atoms with Gasteiger partial charge in [-0.05, 0) is 105 Å². The van der Waals surface area contributed by atoms with Gasteiger partial charge in [-0.2, -0.15) is 13.5 Å². The zero-order valence-corrected chi connectivity index (χ0v) is 34.5. The number of carboxylic acids is 1. The van der Waals surface area contributed by atoms with Gasteiger partial charge in [0.05, 0.1) is 34.4 Å². The standard InChI is InChI=1S/C40H49N9O6S2/c1-25-16-32(46-47-34(25)45-36-43-29-8-6-7-9-30(29)56-36)48(5)31-11-10-27(33(44-31)35(50)51)28-17-42-49(26(28)2)24-39-19-37(3)18-38(4,20-39)22-40(21-37,23-39)55-14-12-41-13-15-57(52,53)54/h6-11,16-17,41H,12-15,18-24H2,1-5H3,(H,50,51)(H,43,45,47)(H,52,53,54). The molecular weight excluding hydrogens is 767 g/mol. The number of thiazole rings is 1. The summed E-state index contributed by atoms with van der Waals surface area (Å²) in [7, 11) is -2.23. The topological polar surface area (TPSA) is 198 Å². The summed E-state index contributed by atoms with van der Waals surface area (Å²) in [6, 6.07) is 13.4. The quantitative estimate of drug-likeness (QED) is 0.0637. The van der Waals surface area contributed by atoms with Gasteiger partial charge in [-0.3, -0.25) is 9.23 Å². The molecule has 0 spiro atoms. The van der Waals surface area contributed by atoms with Crippen molar-refractivity contribution < 1.29 is 27.6 Å². The largest absolute Gasteiger partial charge is 0.476 e. The van der Waals surface area contributed by atoms with E-state index in [0.717, 1.165) is 70.7 Å².